The summed E-state index contributed by atoms with van der Waals surface area (Å²) in [4.78, 5) is 33.0. The van der Waals surface area contributed by atoms with Gasteiger partial charge in [-0.05, 0) is 55.8 Å². The first-order valence-corrected chi connectivity index (χ1v) is 10.9. The normalized spacial score (nSPS) is 10.9. The van der Waals surface area contributed by atoms with E-state index in [4.69, 9.17) is 4.98 Å². The number of benzene rings is 3. The summed E-state index contributed by atoms with van der Waals surface area (Å²) in [5, 5.41) is 3.12. The number of anilines is 2. The lowest BCUT2D eigenvalue weighted by atomic mass is 10.1. The maximum absolute atomic E-state index is 13.5. The number of rotatable bonds is 7. The van der Waals surface area contributed by atoms with Crippen molar-refractivity contribution in [2.75, 3.05) is 23.3 Å². The number of nitrogens with one attached hydrogen (secondary N) is 1. The molecule has 4 aromatic rings. The third-order valence-corrected chi connectivity index (χ3v) is 5.51. The SMILES string of the molecule is CCN(CC)c1nc2cc(C(=O)Nc3cccc(F)c3)ccc2c(=O)n1Cc1ccccc1. The van der Waals surface area contributed by atoms with Gasteiger partial charge in [-0.3, -0.25) is 14.2 Å². The van der Waals surface area contributed by atoms with Crippen LogP contribution in [0.3, 0.4) is 0 Å². The van der Waals surface area contributed by atoms with E-state index in [9.17, 15) is 14.0 Å². The van der Waals surface area contributed by atoms with Crippen molar-refractivity contribution in [1.82, 2.24) is 9.55 Å². The average molecular weight is 445 g/mol. The van der Waals surface area contributed by atoms with Crippen LogP contribution in [0.15, 0.2) is 77.6 Å². The van der Waals surface area contributed by atoms with Gasteiger partial charge in [0.15, 0.2) is 0 Å². The summed E-state index contributed by atoms with van der Waals surface area (Å²) in [6, 6.07) is 20.3. The molecule has 4 rings (SSSR count). The van der Waals surface area contributed by atoms with Crippen LogP contribution < -0.4 is 15.8 Å². The minimum Gasteiger partial charge on any atom is -0.343 e. The summed E-state index contributed by atoms with van der Waals surface area (Å²) in [7, 11) is 0. The number of aromatic nitrogens is 2. The second kappa shape index (κ2) is 9.65. The van der Waals surface area contributed by atoms with Crippen molar-refractivity contribution >= 4 is 28.4 Å². The Kier molecular flexibility index (Phi) is 6.49. The van der Waals surface area contributed by atoms with Gasteiger partial charge < -0.3 is 10.2 Å². The number of hydrogen-bond acceptors (Lipinski definition) is 4. The van der Waals surface area contributed by atoms with E-state index in [-0.39, 0.29) is 5.56 Å². The molecule has 0 atom stereocenters. The molecule has 6 nitrogen and oxygen atoms in total. The molecular formula is C26H25FN4O2. The Bertz CT molecular complexity index is 1350. The van der Waals surface area contributed by atoms with E-state index in [1.54, 1.807) is 28.8 Å². The molecule has 0 fully saturated rings. The van der Waals surface area contributed by atoms with E-state index < -0.39 is 11.7 Å². The Morgan fingerprint density at radius 1 is 1.00 bits per heavy atom. The molecule has 0 spiro atoms. The number of amides is 1. The Morgan fingerprint density at radius 3 is 2.45 bits per heavy atom. The zero-order valence-corrected chi connectivity index (χ0v) is 18.6. The Labute approximate surface area is 191 Å². The average Bonchev–Trinajstić information content (AvgIpc) is 2.82. The Balaban J connectivity index is 1.77. The van der Waals surface area contributed by atoms with Crippen LogP contribution >= 0.6 is 0 Å². The fraction of sp³-hybridized carbons (Fsp3) is 0.192. The maximum atomic E-state index is 13.5. The van der Waals surface area contributed by atoms with E-state index in [1.807, 2.05) is 49.1 Å². The molecule has 1 aromatic heterocycles. The van der Waals surface area contributed by atoms with Crippen LogP contribution in [0.1, 0.15) is 29.8 Å². The molecule has 0 unspecified atom stereocenters. The Hall–Kier alpha value is -4.00. The van der Waals surface area contributed by atoms with E-state index in [1.165, 1.54) is 18.2 Å². The van der Waals surface area contributed by atoms with Crippen LogP contribution in [0, 0.1) is 5.82 Å². The first-order valence-electron chi connectivity index (χ1n) is 10.9. The van der Waals surface area contributed by atoms with Crippen LogP contribution in [0.25, 0.3) is 10.9 Å². The molecule has 3 aromatic carbocycles. The summed E-state index contributed by atoms with van der Waals surface area (Å²) >= 11 is 0. The summed E-state index contributed by atoms with van der Waals surface area (Å²) in [6.45, 7) is 5.79. The van der Waals surface area contributed by atoms with Crippen LogP contribution in [0.2, 0.25) is 0 Å². The van der Waals surface area contributed by atoms with Crippen molar-refractivity contribution in [3.63, 3.8) is 0 Å². The van der Waals surface area contributed by atoms with Gasteiger partial charge >= 0.3 is 0 Å². The minimum absolute atomic E-state index is 0.164. The molecule has 1 N–H and O–H groups in total. The molecule has 168 valence electrons. The van der Waals surface area contributed by atoms with E-state index in [2.05, 4.69) is 5.32 Å². The number of nitrogens with zero attached hydrogens (tertiary/aromatic N) is 3. The van der Waals surface area contributed by atoms with Crippen molar-refractivity contribution < 1.29 is 9.18 Å². The van der Waals surface area contributed by atoms with Crippen LogP contribution in [-0.4, -0.2) is 28.5 Å². The summed E-state index contributed by atoms with van der Waals surface area (Å²) in [5.74, 6) is -0.276. The van der Waals surface area contributed by atoms with Gasteiger partial charge in [0.05, 0.1) is 17.4 Å². The molecule has 0 radical (unpaired) electrons. The molecule has 1 amide bonds. The maximum Gasteiger partial charge on any atom is 0.263 e. The molecule has 0 aliphatic rings. The summed E-state index contributed by atoms with van der Waals surface area (Å²) in [6.07, 6.45) is 0. The van der Waals surface area contributed by atoms with Crippen molar-refractivity contribution in [2.24, 2.45) is 0 Å². The number of carbonyl (C=O) groups is 1. The highest BCUT2D eigenvalue weighted by molar-refractivity contribution is 6.06. The van der Waals surface area contributed by atoms with Gasteiger partial charge in [0.1, 0.15) is 5.82 Å². The standard InChI is InChI=1S/C26H25FN4O2/c1-3-30(4-2)26-29-23-15-19(24(32)28-21-12-8-11-20(27)16-21)13-14-22(23)25(33)31(26)17-18-9-6-5-7-10-18/h5-16H,3-4,17H2,1-2H3,(H,28,32). The van der Waals surface area contributed by atoms with Crippen LogP contribution in [-0.2, 0) is 6.54 Å². The fourth-order valence-electron chi connectivity index (χ4n) is 3.78. The van der Waals surface area contributed by atoms with Crippen molar-refractivity contribution in [2.45, 2.75) is 20.4 Å². The zero-order chi connectivity index (χ0) is 23.4. The monoisotopic (exact) mass is 444 g/mol. The number of hydrogen-bond donors (Lipinski definition) is 1. The van der Waals surface area contributed by atoms with Crippen molar-refractivity contribution in [3.05, 3.63) is 100 Å². The molecule has 1 heterocycles. The highest BCUT2D eigenvalue weighted by Crippen LogP contribution is 2.19. The third kappa shape index (κ3) is 4.77. The minimum atomic E-state index is -0.434. The molecule has 33 heavy (non-hydrogen) atoms. The van der Waals surface area contributed by atoms with Gasteiger partial charge in [-0.2, -0.15) is 0 Å². The van der Waals surface area contributed by atoms with Crippen molar-refractivity contribution in [3.8, 4) is 0 Å². The second-order valence-electron chi connectivity index (χ2n) is 7.66. The molecule has 0 aliphatic heterocycles. The number of fused-ring (bicyclic) bond motifs is 1. The predicted molar refractivity (Wildman–Crippen MR) is 129 cm³/mol. The third-order valence-electron chi connectivity index (χ3n) is 5.51. The highest BCUT2D eigenvalue weighted by Gasteiger charge is 2.17. The van der Waals surface area contributed by atoms with Crippen molar-refractivity contribution in [1.29, 1.82) is 0 Å². The van der Waals surface area contributed by atoms with Crippen LogP contribution in [0.4, 0.5) is 16.0 Å². The van der Waals surface area contributed by atoms with E-state index >= 15 is 0 Å². The molecule has 7 heteroatoms. The smallest absolute Gasteiger partial charge is 0.263 e. The number of carbonyl (C=O) groups excluding carboxylic acids is 1. The molecule has 0 saturated carbocycles. The van der Waals surface area contributed by atoms with Gasteiger partial charge in [0.2, 0.25) is 5.95 Å². The van der Waals surface area contributed by atoms with Gasteiger partial charge in [-0.25, -0.2) is 9.37 Å². The topological polar surface area (TPSA) is 67.2 Å². The largest absolute Gasteiger partial charge is 0.343 e. The summed E-state index contributed by atoms with van der Waals surface area (Å²) < 4.78 is 15.1. The van der Waals surface area contributed by atoms with Gasteiger partial charge in [-0.1, -0.05) is 36.4 Å². The lowest BCUT2D eigenvalue weighted by molar-refractivity contribution is 0.102. The van der Waals surface area contributed by atoms with E-state index in [0.717, 1.165) is 5.56 Å². The van der Waals surface area contributed by atoms with Crippen LogP contribution in [0.5, 0.6) is 0 Å². The summed E-state index contributed by atoms with van der Waals surface area (Å²) in [5.41, 5.74) is 1.97. The zero-order valence-electron chi connectivity index (χ0n) is 18.6. The highest BCUT2D eigenvalue weighted by atomic mass is 19.1. The van der Waals surface area contributed by atoms with Gasteiger partial charge in [0.25, 0.3) is 11.5 Å². The quantitative estimate of drug-likeness (QED) is 0.449. The first kappa shape index (κ1) is 22.2. The molecule has 0 saturated heterocycles. The predicted octanol–water partition coefficient (Wildman–Crippen LogP) is 4.68. The lowest BCUT2D eigenvalue weighted by Gasteiger charge is -2.24. The fourth-order valence-corrected chi connectivity index (χ4v) is 3.78. The lowest BCUT2D eigenvalue weighted by Crippen LogP contribution is -2.33. The second-order valence-corrected chi connectivity index (χ2v) is 7.66. The molecule has 0 bridgehead atoms. The van der Waals surface area contributed by atoms with E-state index in [0.29, 0.717) is 47.7 Å². The first-order chi connectivity index (χ1) is 16.0. The molecule has 0 aliphatic carbocycles. The molecular weight excluding hydrogens is 419 g/mol. The van der Waals surface area contributed by atoms with Gasteiger partial charge in [-0.15, -0.1) is 0 Å². The van der Waals surface area contributed by atoms with Gasteiger partial charge in [0, 0.05) is 24.3 Å². The Morgan fingerprint density at radius 2 is 1.76 bits per heavy atom. The number of halogens is 1.